The zero-order valence-corrected chi connectivity index (χ0v) is 10.6. The summed E-state index contributed by atoms with van der Waals surface area (Å²) in [5.74, 6) is -0.723. The number of anilines is 1. The monoisotopic (exact) mass is 311 g/mol. The van der Waals surface area contributed by atoms with Gasteiger partial charge in [-0.2, -0.15) is 13.2 Å². The van der Waals surface area contributed by atoms with Gasteiger partial charge in [-0.15, -0.1) is 0 Å². The van der Waals surface area contributed by atoms with E-state index >= 15 is 0 Å². The molecule has 0 unspecified atom stereocenters. The fourth-order valence-electron chi connectivity index (χ4n) is 1.26. The van der Waals surface area contributed by atoms with E-state index in [0.717, 1.165) is 12.1 Å². The quantitative estimate of drug-likeness (QED) is 0.645. The summed E-state index contributed by atoms with van der Waals surface area (Å²) in [6.45, 7) is -1.84. The van der Waals surface area contributed by atoms with Crippen LogP contribution in [0.1, 0.15) is 0 Å². The standard InChI is InChI=1S/C10H9ClF3N3O3/c11-7-3-6(1-2-8(7)17(19)20)16-9(18)4-15-5-10(12,13)14/h1-3,15H,4-5H2,(H,16,18). The van der Waals surface area contributed by atoms with E-state index in [2.05, 4.69) is 5.32 Å². The molecule has 0 saturated heterocycles. The van der Waals surface area contributed by atoms with E-state index in [9.17, 15) is 28.1 Å². The summed E-state index contributed by atoms with van der Waals surface area (Å²) >= 11 is 5.61. The van der Waals surface area contributed by atoms with Crippen LogP contribution in [0.2, 0.25) is 5.02 Å². The van der Waals surface area contributed by atoms with Crippen LogP contribution in [0.15, 0.2) is 18.2 Å². The normalized spacial score (nSPS) is 11.2. The highest BCUT2D eigenvalue weighted by molar-refractivity contribution is 6.33. The Labute approximate surface area is 116 Å². The number of hydrogen-bond acceptors (Lipinski definition) is 4. The lowest BCUT2D eigenvalue weighted by Gasteiger charge is -2.09. The minimum atomic E-state index is -4.41. The van der Waals surface area contributed by atoms with Crippen LogP contribution in [-0.2, 0) is 4.79 Å². The van der Waals surface area contributed by atoms with Crippen molar-refractivity contribution < 1.29 is 22.9 Å². The van der Waals surface area contributed by atoms with Crippen molar-refractivity contribution in [3.63, 3.8) is 0 Å². The summed E-state index contributed by atoms with van der Waals surface area (Å²) in [4.78, 5) is 21.1. The number of nitrogens with zero attached hydrogens (tertiary/aromatic N) is 1. The average Bonchev–Trinajstić information content (AvgIpc) is 2.26. The Hall–Kier alpha value is -1.87. The largest absolute Gasteiger partial charge is 0.401 e. The van der Waals surface area contributed by atoms with Crippen LogP contribution in [0.25, 0.3) is 0 Å². The molecule has 0 aliphatic carbocycles. The second-order valence-corrected chi connectivity index (χ2v) is 4.10. The number of amides is 1. The first-order chi connectivity index (χ1) is 9.19. The highest BCUT2D eigenvalue weighted by Crippen LogP contribution is 2.27. The number of nitrogens with one attached hydrogen (secondary N) is 2. The molecular formula is C10H9ClF3N3O3. The molecule has 0 aromatic heterocycles. The molecule has 1 aromatic rings. The molecule has 0 fully saturated rings. The third-order valence-electron chi connectivity index (χ3n) is 2.04. The van der Waals surface area contributed by atoms with E-state index < -0.39 is 30.1 Å². The van der Waals surface area contributed by atoms with Gasteiger partial charge in [-0.25, -0.2) is 0 Å². The number of nitro groups is 1. The van der Waals surface area contributed by atoms with E-state index in [1.54, 1.807) is 0 Å². The molecule has 0 radical (unpaired) electrons. The molecule has 0 aliphatic rings. The molecule has 0 bridgehead atoms. The molecule has 0 aliphatic heterocycles. The van der Waals surface area contributed by atoms with Crippen LogP contribution in [-0.4, -0.2) is 30.1 Å². The number of carbonyl (C=O) groups excluding carboxylic acids is 1. The van der Waals surface area contributed by atoms with Crippen LogP contribution in [0.3, 0.4) is 0 Å². The van der Waals surface area contributed by atoms with Crippen molar-refractivity contribution in [1.82, 2.24) is 5.32 Å². The van der Waals surface area contributed by atoms with Crippen molar-refractivity contribution in [2.24, 2.45) is 0 Å². The fraction of sp³-hybridized carbons (Fsp3) is 0.300. The lowest BCUT2D eigenvalue weighted by atomic mass is 10.3. The minimum absolute atomic E-state index is 0.152. The molecule has 0 spiro atoms. The van der Waals surface area contributed by atoms with E-state index in [-0.39, 0.29) is 16.4 Å². The average molecular weight is 312 g/mol. The Balaban J connectivity index is 2.54. The molecule has 0 saturated carbocycles. The van der Waals surface area contributed by atoms with E-state index in [0.29, 0.717) is 0 Å². The van der Waals surface area contributed by atoms with Crippen molar-refractivity contribution in [1.29, 1.82) is 0 Å². The van der Waals surface area contributed by atoms with Crippen LogP contribution < -0.4 is 10.6 Å². The first-order valence-electron chi connectivity index (χ1n) is 5.20. The Kier molecular flexibility index (Phi) is 5.28. The van der Waals surface area contributed by atoms with Gasteiger partial charge in [0.15, 0.2) is 0 Å². The second kappa shape index (κ2) is 6.53. The summed E-state index contributed by atoms with van der Waals surface area (Å²) in [7, 11) is 0. The van der Waals surface area contributed by atoms with Gasteiger partial charge in [0.1, 0.15) is 5.02 Å². The molecular weight excluding hydrogens is 303 g/mol. The highest BCUT2D eigenvalue weighted by Gasteiger charge is 2.26. The molecule has 1 aromatic carbocycles. The highest BCUT2D eigenvalue weighted by atomic mass is 35.5. The van der Waals surface area contributed by atoms with E-state index in [1.807, 2.05) is 5.32 Å². The summed E-state index contributed by atoms with van der Waals surface area (Å²) in [5.41, 5.74) is -0.181. The van der Waals surface area contributed by atoms with Crippen molar-refractivity contribution in [2.75, 3.05) is 18.4 Å². The number of alkyl halides is 3. The SMILES string of the molecule is O=C(CNCC(F)(F)F)Nc1ccc([N+](=O)[O-])c(Cl)c1. The fourth-order valence-corrected chi connectivity index (χ4v) is 1.51. The van der Waals surface area contributed by atoms with Crippen LogP contribution in [0, 0.1) is 10.1 Å². The molecule has 2 N–H and O–H groups in total. The zero-order valence-electron chi connectivity index (χ0n) is 9.83. The lowest BCUT2D eigenvalue weighted by Crippen LogP contribution is -2.35. The first-order valence-corrected chi connectivity index (χ1v) is 5.58. The number of nitro benzene ring substituents is 1. The van der Waals surface area contributed by atoms with Gasteiger partial charge in [0.25, 0.3) is 5.69 Å². The van der Waals surface area contributed by atoms with Gasteiger partial charge in [-0.05, 0) is 12.1 Å². The molecule has 0 atom stereocenters. The smallest absolute Gasteiger partial charge is 0.325 e. The molecule has 0 heterocycles. The predicted molar refractivity (Wildman–Crippen MR) is 65.7 cm³/mol. The number of halogens is 4. The second-order valence-electron chi connectivity index (χ2n) is 3.69. The van der Waals surface area contributed by atoms with Crippen molar-refractivity contribution in [3.05, 3.63) is 33.3 Å². The topological polar surface area (TPSA) is 84.3 Å². The predicted octanol–water partition coefficient (Wildman–Crippen LogP) is 2.34. The maximum Gasteiger partial charge on any atom is 0.401 e. The van der Waals surface area contributed by atoms with E-state index in [1.165, 1.54) is 6.07 Å². The molecule has 110 valence electrons. The Morgan fingerprint density at radius 3 is 2.55 bits per heavy atom. The van der Waals surface area contributed by atoms with Gasteiger partial charge in [-0.1, -0.05) is 11.6 Å². The van der Waals surface area contributed by atoms with Crippen molar-refractivity contribution >= 4 is 28.9 Å². The van der Waals surface area contributed by atoms with Gasteiger partial charge in [0.05, 0.1) is 18.0 Å². The van der Waals surface area contributed by atoms with E-state index in [4.69, 9.17) is 11.6 Å². The number of hydrogen-bond donors (Lipinski definition) is 2. The van der Waals surface area contributed by atoms with Gasteiger partial charge in [-0.3, -0.25) is 14.9 Å². The van der Waals surface area contributed by atoms with Crippen molar-refractivity contribution in [2.45, 2.75) is 6.18 Å². The van der Waals surface area contributed by atoms with Crippen LogP contribution in [0.5, 0.6) is 0 Å². The zero-order chi connectivity index (χ0) is 15.3. The number of carbonyl (C=O) groups is 1. The summed E-state index contributed by atoms with van der Waals surface area (Å²) in [6, 6.07) is 3.45. The Morgan fingerprint density at radius 2 is 2.05 bits per heavy atom. The third kappa shape index (κ3) is 5.41. The number of rotatable bonds is 5. The number of benzene rings is 1. The van der Waals surface area contributed by atoms with Gasteiger partial charge < -0.3 is 10.6 Å². The molecule has 20 heavy (non-hydrogen) atoms. The summed E-state index contributed by atoms with van der Waals surface area (Å²) < 4.78 is 35.5. The van der Waals surface area contributed by atoms with Gasteiger partial charge in [0, 0.05) is 11.8 Å². The van der Waals surface area contributed by atoms with Gasteiger partial charge in [0.2, 0.25) is 5.91 Å². The molecule has 10 heteroatoms. The molecule has 1 amide bonds. The van der Waals surface area contributed by atoms with Crippen LogP contribution >= 0.6 is 11.6 Å². The minimum Gasteiger partial charge on any atom is -0.325 e. The Morgan fingerprint density at radius 1 is 1.40 bits per heavy atom. The Bertz CT molecular complexity index is 522. The molecule has 6 nitrogen and oxygen atoms in total. The first kappa shape index (κ1) is 16.2. The maximum atomic E-state index is 11.8. The summed E-state index contributed by atoms with van der Waals surface area (Å²) in [5, 5.41) is 14.5. The maximum absolute atomic E-state index is 11.8. The molecule has 1 rings (SSSR count). The lowest BCUT2D eigenvalue weighted by molar-refractivity contribution is -0.384. The van der Waals surface area contributed by atoms with Crippen molar-refractivity contribution in [3.8, 4) is 0 Å². The third-order valence-corrected chi connectivity index (χ3v) is 2.34. The summed E-state index contributed by atoms with van der Waals surface area (Å²) in [6.07, 6.45) is -4.41. The van der Waals surface area contributed by atoms with Gasteiger partial charge >= 0.3 is 6.18 Å². The van der Waals surface area contributed by atoms with Crippen LogP contribution in [0.4, 0.5) is 24.5 Å².